The number of hydrogen-bond donors (Lipinski definition) is 1. The molecule has 0 fully saturated rings. The van der Waals surface area contributed by atoms with Crippen LogP contribution in [0.5, 0.6) is 0 Å². The first-order chi connectivity index (χ1) is 8.46. The van der Waals surface area contributed by atoms with Gasteiger partial charge in [0.2, 0.25) is 0 Å². The summed E-state index contributed by atoms with van der Waals surface area (Å²) in [6, 6.07) is 7.61. The Morgan fingerprint density at radius 3 is 2.22 bits per heavy atom. The van der Waals surface area contributed by atoms with E-state index in [-0.39, 0.29) is 6.42 Å². The van der Waals surface area contributed by atoms with Crippen LogP contribution in [0.1, 0.15) is 25.3 Å². The second kappa shape index (κ2) is 6.64. The van der Waals surface area contributed by atoms with Crippen molar-refractivity contribution >= 4 is 5.69 Å². The average molecular weight is 260 g/mol. The summed E-state index contributed by atoms with van der Waals surface area (Å²) in [7, 11) is 0. The van der Waals surface area contributed by atoms with Gasteiger partial charge in [-0.25, -0.2) is 0 Å². The highest BCUT2D eigenvalue weighted by Crippen LogP contribution is 2.22. The van der Waals surface area contributed by atoms with Crippen molar-refractivity contribution in [1.82, 2.24) is 0 Å². The van der Waals surface area contributed by atoms with Gasteiger partial charge in [-0.1, -0.05) is 12.1 Å². The highest BCUT2D eigenvalue weighted by molar-refractivity contribution is 5.47. The molecule has 0 amide bonds. The lowest BCUT2D eigenvalue weighted by Gasteiger charge is -2.23. The summed E-state index contributed by atoms with van der Waals surface area (Å²) in [6.07, 6.45) is -4.68. The standard InChI is InChI=1S/C13H19F3N2/c1-2-18(9-3-8-13(14,15)16)12-6-4-11(10-17)5-7-12/h4-7H,2-3,8-10,17H2,1H3. The normalized spacial score (nSPS) is 11.6. The van der Waals surface area contributed by atoms with Gasteiger partial charge in [-0.3, -0.25) is 0 Å². The molecule has 0 spiro atoms. The first kappa shape index (κ1) is 14.8. The molecule has 0 heterocycles. The molecule has 0 atom stereocenters. The molecule has 0 aliphatic rings. The van der Waals surface area contributed by atoms with E-state index in [0.29, 0.717) is 19.6 Å². The maximum atomic E-state index is 12.1. The highest BCUT2D eigenvalue weighted by atomic mass is 19.4. The lowest BCUT2D eigenvalue weighted by molar-refractivity contribution is -0.135. The zero-order valence-electron chi connectivity index (χ0n) is 10.5. The predicted octanol–water partition coefficient (Wildman–Crippen LogP) is 3.31. The minimum Gasteiger partial charge on any atom is -0.372 e. The van der Waals surface area contributed by atoms with Gasteiger partial charge in [0, 0.05) is 31.7 Å². The summed E-state index contributed by atoms with van der Waals surface area (Å²) in [6.45, 7) is 3.52. The Bertz CT molecular complexity index is 346. The Balaban J connectivity index is 2.54. The Kier molecular flexibility index (Phi) is 5.47. The van der Waals surface area contributed by atoms with Gasteiger partial charge in [-0.15, -0.1) is 0 Å². The molecule has 1 aromatic rings. The van der Waals surface area contributed by atoms with Gasteiger partial charge in [0.05, 0.1) is 0 Å². The highest BCUT2D eigenvalue weighted by Gasteiger charge is 2.26. The van der Waals surface area contributed by atoms with Crippen LogP contribution in [0.2, 0.25) is 0 Å². The number of anilines is 1. The molecule has 0 aromatic heterocycles. The van der Waals surface area contributed by atoms with Crippen LogP contribution in [0.15, 0.2) is 24.3 Å². The van der Waals surface area contributed by atoms with Gasteiger partial charge < -0.3 is 10.6 Å². The summed E-state index contributed by atoms with van der Waals surface area (Å²) in [5.74, 6) is 0. The van der Waals surface area contributed by atoms with Gasteiger partial charge >= 0.3 is 6.18 Å². The molecule has 0 bridgehead atoms. The first-order valence-electron chi connectivity index (χ1n) is 6.07. The average Bonchev–Trinajstić information content (AvgIpc) is 2.34. The zero-order valence-corrected chi connectivity index (χ0v) is 10.5. The van der Waals surface area contributed by atoms with E-state index in [1.54, 1.807) is 0 Å². The number of halogens is 3. The van der Waals surface area contributed by atoms with E-state index in [1.807, 2.05) is 36.1 Å². The van der Waals surface area contributed by atoms with Crippen molar-refractivity contribution in [2.24, 2.45) is 5.73 Å². The van der Waals surface area contributed by atoms with Crippen molar-refractivity contribution in [3.05, 3.63) is 29.8 Å². The number of benzene rings is 1. The summed E-state index contributed by atoms with van der Waals surface area (Å²) < 4.78 is 36.2. The molecule has 0 saturated carbocycles. The molecule has 0 unspecified atom stereocenters. The third-order valence-corrected chi connectivity index (χ3v) is 2.81. The quantitative estimate of drug-likeness (QED) is 0.850. The molecule has 2 N–H and O–H groups in total. The third kappa shape index (κ3) is 4.96. The van der Waals surface area contributed by atoms with E-state index in [1.165, 1.54) is 0 Å². The topological polar surface area (TPSA) is 29.3 Å². The third-order valence-electron chi connectivity index (χ3n) is 2.81. The second-order valence-corrected chi connectivity index (χ2v) is 4.17. The fourth-order valence-corrected chi connectivity index (χ4v) is 1.78. The number of nitrogens with two attached hydrogens (primary N) is 1. The zero-order chi connectivity index (χ0) is 13.6. The van der Waals surface area contributed by atoms with Gasteiger partial charge in [-0.2, -0.15) is 13.2 Å². The number of alkyl halides is 3. The number of hydrogen-bond acceptors (Lipinski definition) is 2. The van der Waals surface area contributed by atoms with Crippen molar-refractivity contribution in [3.63, 3.8) is 0 Å². The van der Waals surface area contributed by atoms with Crippen molar-refractivity contribution in [2.75, 3.05) is 18.0 Å². The first-order valence-corrected chi connectivity index (χ1v) is 6.07. The molecule has 0 saturated heterocycles. The molecule has 0 aliphatic heterocycles. The monoisotopic (exact) mass is 260 g/mol. The molecule has 102 valence electrons. The minimum absolute atomic E-state index is 0.121. The van der Waals surface area contributed by atoms with Crippen molar-refractivity contribution in [3.8, 4) is 0 Å². The molecule has 0 aliphatic carbocycles. The van der Waals surface area contributed by atoms with Crippen LogP contribution in [0.4, 0.5) is 18.9 Å². The molecule has 1 rings (SSSR count). The fourth-order valence-electron chi connectivity index (χ4n) is 1.78. The second-order valence-electron chi connectivity index (χ2n) is 4.17. The van der Waals surface area contributed by atoms with Crippen LogP contribution < -0.4 is 10.6 Å². The maximum Gasteiger partial charge on any atom is 0.389 e. The lowest BCUT2D eigenvalue weighted by atomic mass is 10.2. The molecule has 1 aromatic carbocycles. The van der Waals surface area contributed by atoms with E-state index >= 15 is 0 Å². The van der Waals surface area contributed by atoms with Crippen LogP contribution in [0.3, 0.4) is 0 Å². The van der Waals surface area contributed by atoms with Crippen molar-refractivity contribution < 1.29 is 13.2 Å². The van der Waals surface area contributed by atoms with E-state index in [0.717, 1.165) is 11.3 Å². The van der Waals surface area contributed by atoms with Gasteiger partial charge in [0.25, 0.3) is 0 Å². The maximum absolute atomic E-state index is 12.1. The predicted molar refractivity (Wildman–Crippen MR) is 67.5 cm³/mol. The summed E-state index contributed by atoms with van der Waals surface area (Å²) in [5.41, 5.74) is 7.46. The Labute approximate surface area is 106 Å². The van der Waals surface area contributed by atoms with Gasteiger partial charge in [0.1, 0.15) is 0 Å². The number of nitrogens with zero attached hydrogens (tertiary/aromatic N) is 1. The van der Waals surface area contributed by atoms with Gasteiger partial charge in [0.15, 0.2) is 0 Å². The molecular weight excluding hydrogens is 241 g/mol. The van der Waals surface area contributed by atoms with Crippen LogP contribution in [0.25, 0.3) is 0 Å². The Morgan fingerprint density at radius 1 is 1.17 bits per heavy atom. The Hall–Kier alpha value is -1.23. The fraction of sp³-hybridized carbons (Fsp3) is 0.538. The molecule has 0 radical (unpaired) electrons. The molecular formula is C13H19F3N2. The van der Waals surface area contributed by atoms with Crippen LogP contribution in [0, 0.1) is 0 Å². The SMILES string of the molecule is CCN(CCCC(F)(F)F)c1ccc(CN)cc1. The molecule has 5 heteroatoms. The van der Waals surface area contributed by atoms with E-state index in [9.17, 15) is 13.2 Å². The smallest absolute Gasteiger partial charge is 0.372 e. The van der Waals surface area contributed by atoms with Crippen LogP contribution in [-0.4, -0.2) is 19.3 Å². The minimum atomic E-state index is -4.07. The van der Waals surface area contributed by atoms with Crippen molar-refractivity contribution in [2.45, 2.75) is 32.5 Å². The van der Waals surface area contributed by atoms with E-state index < -0.39 is 12.6 Å². The summed E-state index contributed by atoms with van der Waals surface area (Å²) >= 11 is 0. The Morgan fingerprint density at radius 2 is 1.78 bits per heavy atom. The van der Waals surface area contributed by atoms with E-state index in [4.69, 9.17) is 5.73 Å². The molecule has 18 heavy (non-hydrogen) atoms. The summed E-state index contributed by atoms with van der Waals surface area (Å²) in [4.78, 5) is 1.94. The van der Waals surface area contributed by atoms with Crippen LogP contribution >= 0.6 is 0 Å². The lowest BCUT2D eigenvalue weighted by Crippen LogP contribution is -2.25. The largest absolute Gasteiger partial charge is 0.389 e. The van der Waals surface area contributed by atoms with Gasteiger partial charge in [-0.05, 0) is 31.0 Å². The van der Waals surface area contributed by atoms with Crippen LogP contribution in [-0.2, 0) is 6.54 Å². The molecule has 2 nitrogen and oxygen atoms in total. The van der Waals surface area contributed by atoms with E-state index in [2.05, 4.69) is 0 Å². The number of rotatable bonds is 6. The summed E-state index contributed by atoms with van der Waals surface area (Å²) in [5, 5.41) is 0. The van der Waals surface area contributed by atoms with Crippen molar-refractivity contribution in [1.29, 1.82) is 0 Å².